The Morgan fingerprint density at radius 3 is 2.52 bits per heavy atom. The number of carbonyl (C=O) groups is 1. The highest BCUT2D eigenvalue weighted by Gasteiger charge is 2.11. The van der Waals surface area contributed by atoms with Gasteiger partial charge in [-0.3, -0.25) is 0 Å². The molecule has 0 radical (unpaired) electrons. The Morgan fingerprint density at radius 2 is 1.76 bits per heavy atom. The van der Waals surface area contributed by atoms with E-state index in [2.05, 4.69) is 15.6 Å². The van der Waals surface area contributed by atoms with Crippen molar-refractivity contribution < 1.29 is 9.21 Å². The minimum absolute atomic E-state index is 0.223. The van der Waals surface area contributed by atoms with Gasteiger partial charge in [-0.2, -0.15) is 0 Å². The van der Waals surface area contributed by atoms with E-state index in [4.69, 9.17) is 4.42 Å². The summed E-state index contributed by atoms with van der Waals surface area (Å²) in [6, 6.07) is 17.2. The lowest BCUT2D eigenvalue weighted by molar-refractivity contribution is 0.252. The Balaban J connectivity index is 1.55. The number of aryl methyl sites for hydroxylation is 2. The third-order valence-corrected chi connectivity index (χ3v) is 3.95. The zero-order valence-electron chi connectivity index (χ0n) is 14.4. The van der Waals surface area contributed by atoms with Crippen molar-refractivity contribution in [2.24, 2.45) is 0 Å². The van der Waals surface area contributed by atoms with Gasteiger partial charge in [-0.1, -0.05) is 36.4 Å². The zero-order chi connectivity index (χ0) is 17.6. The van der Waals surface area contributed by atoms with Gasteiger partial charge in [-0.15, -0.1) is 0 Å². The Hall–Kier alpha value is -3.08. The fourth-order valence-corrected chi connectivity index (χ4v) is 2.54. The largest absolute Gasteiger partial charge is 0.441 e. The molecule has 5 heteroatoms. The summed E-state index contributed by atoms with van der Waals surface area (Å²) in [6.45, 7) is 4.33. The number of nitrogens with zero attached hydrogens (tertiary/aromatic N) is 1. The summed E-state index contributed by atoms with van der Waals surface area (Å²) in [4.78, 5) is 16.5. The van der Waals surface area contributed by atoms with Gasteiger partial charge in [-0.25, -0.2) is 9.78 Å². The van der Waals surface area contributed by atoms with E-state index in [9.17, 15) is 4.79 Å². The number of para-hydroxylation sites is 1. The Bertz CT molecular complexity index is 856. The first-order chi connectivity index (χ1) is 12.1. The van der Waals surface area contributed by atoms with Crippen LogP contribution in [0.5, 0.6) is 0 Å². The van der Waals surface area contributed by atoms with Crippen LogP contribution in [0.3, 0.4) is 0 Å². The minimum atomic E-state index is -0.223. The van der Waals surface area contributed by atoms with Crippen LogP contribution in [0.1, 0.15) is 17.0 Å². The molecule has 3 rings (SSSR count). The maximum atomic E-state index is 12.0. The van der Waals surface area contributed by atoms with Crippen molar-refractivity contribution in [3.63, 3.8) is 0 Å². The van der Waals surface area contributed by atoms with E-state index in [-0.39, 0.29) is 6.03 Å². The van der Waals surface area contributed by atoms with Crippen molar-refractivity contribution in [1.29, 1.82) is 0 Å². The lowest BCUT2D eigenvalue weighted by Crippen LogP contribution is -2.30. The van der Waals surface area contributed by atoms with E-state index < -0.39 is 0 Å². The van der Waals surface area contributed by atoms with Crippen LogP contribution < -0.4 is 10.6 Å². The van der Waals surface area contributed by atoms with Crippen molar-refractivity contribution in [1.82, 2.24) is 10.3 Å². The van der Waals surface area contributed by atoms with Crippen LogP contribution in [-0.4, -0.2) is 17.6 Å². The summed E-state index contributed by atoms with van der Waals surface area (Å²) in [5.74, 6) is 1.39. The van der Waals surface area contributed by atoms with Crippen LogP contribution >= 0.6 is 0 Å². The lowest BCUT2D eigenvalue weighted by atomic mass is 10.2. The van der Waals surface area contributed by atoms with Crippen LogP contribution in [0.4, 0.5) is 10.5 Å². The van der Waals surface area contributed by atoms with Crippen molar-refractivity contribution >= 4 is 11.7 Å². The molecule has 0 aliphatic heterocycles. The fourth-order valence-electron chi connectivity index (χ4n) is 2.54. The number of hydrogen-bond acceptors (Lipinski definition) is 3. The van der Waals surface area contributed by atoms with Crippen LogP contribution in [-0.2, 0) is 6.42 Å². The molecular formula is C20H21N3O2. The lowest BCUT2D eigenvalue weighted by Gasteiger charge is -2.09. The van der Waals surface area contributed by atoms with Crippen molar-refractivity contribution in [3.8, 4) is 11.5 Å². The molecule has 0 bridgehead atoms. The molecule has 1 heterocycles. The second-order valence-corrected chi connectivity index (χ2v) is 5.83. The average molecular weight is 335 g/mol. The number of hydrogen-bond donors (Lipinski definition) is 2. The quantitative estimate of drug-likeness (QED) is 0.729. The third-order valence-electron chi connectivity index (χ3n) is 3.95. The van der Waals surface area contributed by atoms with E-state index in [1.54, 1.807) is 0 Å². The Morgan fingerprint density at radius 1 is 1.04 bits per heavy atom. The topological polar surface area (TPSA) is 67.2 Å². The molecule has 0 fully saturated rings. The van der Waals surface area contributed by atoms with Gasteiger partial charge in [-0.05, 0) is 37.6 Å². The SMILES string of the molecule is Cc1ccccc1NC(=O)NCCc1nc(-c2ccccc2)oc1C. The summed E-state index contributed by atoms with van der Waals surface area (Å²) in [5.41, 5.74) is 3.64. The van der Waals surface area contributed by atoms with Gasteiger partial charge in [0.15, 0.2) is 0 Å². The van der Waals surface area contributed by atoms with Gasteiger partial charge in [0.25, 0.3) is 0 Å². The fraction of sp³-hybridized carbons (Fsp3) is 0.200. The molecule has 2 aromatic carbocycles. The maximum Gasteiger partial charge on any atom is 0.319 e. The molecule has 3 aromatic rings. The van der Waals surface area contributed by atoms with Gasteiger partial charge in [0.05, 0.1) is 5.69 Å². The molecule has 0 aliphatic carbocycles. The predicted molar refractivity (Wildman–Crippen MR) is 98.6 cm³/mol. The molecule has 0 aliphatic rings. The number of rotatable bonds is 5. The summed E-state index contributed by atoms with van der Waals surface area (Å²) >= 11 is 0. The van der Waals surface area contributed by atoms with Crippen LogP contribution in [0.25, 0.3) is 11.5 Å². The molecule has 0 atom stereocenters. The molecule has 0 saturated carbocycles. The monoisotopic (exact) mass is 335 g/mol. The van der Waals surface area contributed by atoms with Gasteiger partial charge >= 0.3 is 6.03 Å². The second kappa shape index (κ2) is 7.66. The average Bonchev–Trinajstić information content (AvgIpc) is 2.99. The first kappa shape index (κ1) is 16.8. The third kappa shape index (κ3) is 4.26. The smallest absolute Gasteiger partial charge is 0.319 e. The van der Waals surface area contributed by atoms with Gasteiger partial charge in [0.1, 0.15) is 5.76 Å². The first-order valence-corrected chi connectivity index (χ1v) is 8.25. The predicted octanol–water partition coefficient (Wildman–Crippen LogP) is 4.32. The highest BCUT2D eigenvalue weighted by Crippen LogP contribution is 2.21. The summed E-state index contributed by atoms with van der Waals surface area (Å²) in [7, 11) is 0. The molecule has 1 aromatic heterocycles. The summed E-state index contributed by atoms with van der Waals surface area (Å²) < 4.78 is 5.73. The van der Waals surface area contributed by atoms with Crippen molar-refractivity contribution in [2.45, 2.75) is 20.3 Å². The second-order valence-electron chi connectivity index (χ2n) is 5.83. The number of urea groups is 1. The standard InChI is InChI=1S/C20H21N3O2/c1-14-8-6-7-11-17(14)23-20(24)21-13-12-18-15(2)25-19(22-18)16-9-4-3-5-10-16/h3-11H,12-13H2,1-2H3,(H2,21,23,24). The van der Waals surface area contributed by atoms with Crippen LogP contribution in [0.2, 0.25) is 0 Å². The minimum Gasteiger partial charge on any atom is -0.441 e. The molecular weight excluding hydrogens is 314 g/mol. The van der Waals surface area contributed by atoms with E-state index in [1.807, 2.05) is 68.4 Å². The number of carbonyl (C=O) groups excluding carboxylic acids is 1. The van der Waals surface area contributed by atoms with Gasteiger partial charge in [0.2, 0.25) is 5.89 Å². The van der Waals surface area contributed by atoms with Gasteiger partial charge in [0, 0.05) is 24.2 Å². The van der Waals surface area contributed by atoms with Gasteiger partial charge < -0.3 is 15.1 Å². The van der Waals surface area contributed by atoms with Crippen LogP contribution in [0.15, 0.2) is 59.0 Å². The van der Waals surface area contributed by atoms with E-state index in [0.717, 1.165) is 28.3 Å². The molecule has 0 saturated heterocycles. The Labute approximate surface area is 147 Å². The van der Waals surface area contributed by atoms with Crippen LogP contribution in [0, 0.1) is 13.8 Å². The zero-order valence-corrected chi connectivity index (χ0v) is 14.4. The molecule has 25 heavy (non-hydrogen) atoms. The normalized spacial score (nSPS) is 10.5. The molecule has 0 unspecified atom stereocenters. The van der Waals surface area contributed by atoms with E-state index in [1.165, 1.54) is 0 Å². The van der Waals surface area contributed by atoms with Crippen molar-refractivity contribution in [3.05, 3.63) is 71.6 Å². The number of aromatic nitrogens is 1. The van der Waals surface area contributed by atoms with E-state index in [0.29, 0.717) is 18.9 Å². The molecule has 5 nitrogen and oxygen atoms in total. The molecule has 0 spiro atoms. The number of nitrogens with one attached hydrogen (secondary N) is 2. The highest BCUT2D eigenvalue weighted by molar-refractivity contribution is 5.89. The molecule has 2 amide bonds. The number of oxazole rings is 1. The van der Waals surface area contributed by atoms with Crippen molar-refractivity contribution in [2.75, 3.05) is 11.9 Å². The number of amides is 2. The summed E-state index contributed by atoms with van der Waals surface area (Å²) in [6.07, 6.45) is 0.614. The number of benzene rings is 2. The highest BCUT2D eigenvalue weighted by atomic mass is 16.4. The Kier molecular flexibility index (Phi) is 5.14. The van der Waals surface area contributed by atoms with E-state index >= 15 is 0 Å². The molecule has 2 N–H and O–H groups in total. The maximum absolute atomic E-state index is 12.0. The first-order valence-electron chi connectivity index (χ1n) is 8.25. The summed E-state index contributed by atoms with van der Waals surface area (Å²) in [5, 5.41) is 5.70. The number of anilines is 1. The molecule has 128 valence electrons.